The van der Waals surface area contributed by atoms with Crippen molar-refractivity contribution in [2.75, 3.05) is 13.7 Å². The van der Waals surface area contributed by atoms with Gasteiger partial charge >= 0.3 is 6.03 Å². The van der Waals surface area contributed by atoms with Gasteiger partial charge in [-0.1, -0.05) is 36.4 Å². The number of rotatable bonds is 5. The largest absolute Gasteiger partial charge is 0.497 e. The third kappa shape index (κ3) is 3.80. The number of hydrogen-bond acceptors (Lipinski definition) is 4. The summed E-state index contributed by atoms with van der Waals surface area (Å²) in [6.45, 7) is -0.0260. The summed E-state index contributed by atoms with van der Waals surface area (Å²) < 4.78 is 5.24. The molecule has 0 radical (unpaired) electrons. The Bertz CT molecular complexity index is 755. The molecule has 25 heavy (non-hydrogen) atoms. The predicted octanol–water partition coefficient (Wildman–Crippen LogP) is 2.16. The smallest absolute Gasteiger partial charge is 0.324 e. The van der Waals surface area contributed by atoms with Gasteiger partial charge in [0.25, 0.3) is 0 Å². The van der Waals surface area contributed by atoms with E-state index in [0.717, 1.165) is 22.4 Å². The SMILES string of the molecule is COc1cccc(-c2ccc(CN3C(=O)CC(CO)NC3=O)cc2)c1. The molecule has 0 saturated carbocycles. The van der Waals surface area contributed by atoms with Crippen molar-refractivity contribution in [1.82, 2.24) is 10.2 Å². The molecule has 6 nitrogen and oxygen atoms in total. The van der Waals surface area contributed by atoms with Crippen LogP contribution in [0.25, 0.3) is 11.1 Å². The van der Waals surface area contributed by atoms with Gasteiger partial charge in [0.2, 0.25) is 5.91 Å². The van der Waals surface area contributed by atoms with E-state index < -0.39 is 12.1 Å². The Kier molecular flexibility index (Phi) is 5.00. The molecule has 0 aliphatic carbocycles. The monoisotopic (exact) mass is 340 g/mol. The fourth-order valence-electron chi connectivity index (χ4n) is 2.80. The summed E-state index contributed by atoms with van der Waals surface area (Å²) in [4.78, 5) is 25.3. The van der Waals surface area contributed by atoms with Crippen LogP contribution >= 0.6 is 0 Å². The molecule has 3 amide bonds. The maximum absolute atomic E-state index is 12.1. The van der Waals surface area contributed by atoms with Gasteiger partial charge in [-0.15, -0.1) is 0 Å². The summed E-state index contributed by atoms with van der Waals surface area (Å²) >= 11 is 0. The van der Waals surface area contributed by atoms with Crippen molar-refractivity contribution in [3.63, 3.8) is 0 Å². The predicted molar refractivity (Wildman–Crippen MR) is 93.0 cm³/mol. The summed E-state index contributed by atoms with van der Waals surface area (Å²) in [6, 6.07) is 14.5. The van der Waals surface area contributed by atoms with E-state index in [2.05, 4.69) is 5.32 Å². The van der Waals surface area contributed by atoms with E-state index >= 15 is 0 Å². The molecule has 0 aromatic heterocycles. The number of methoxy groups -OCH3 is 1. The summed E-state index contributed by atoms with van der Waals surface area (Å²) in [7, 11) is 1.63. The van der Waals surface area contributed by atoms with E-state index in [-0.39, 0.29) is 25.5 Å². The Morgan fingerprint density at radius 3 is 2.56 bits per heavy atom. The number of aliphatic hydroxyl groups excluding tert-OH is 1. The molecule has 2 aromatic rings. The van der Waals surface area contributed by atoms with Gasteiger partial charge in [0, 0.05) is 6.42 Å². The summed E-state index contributed by atoms with van der Waals surface area (Å²) in [6.07, 6.45) is 0.115. The van der Waals surface area contributed by atoms with Crippen molar-refractivity contribution >= 4 is 11.9 Å². The topological polar surface area (TPSA) is 78.9 Å². The summed E-state index contributed by atoms with van der Waals surface area (Å²) in [5.74, 6) is 0.510. The molecule has 1 atom stereocenters. The van der Waals surface area contributed by atoms with E-state index in [4.69, 9.17) is 9.84 Å². The number of ether oxygens (including phenoxy) is 1. The Balaban J connectivity index is 1.72. The van der Waals surface area contributed by atoms with E-state index in [1.165, 1.54) is 4.90 Å². The quantitative estimate of drug-likeness (QED) is 0.874. The van der Waals surface area contributed by atoms with Crippen LogP contribution < -0.4 is 10.1 Å². The van der Waals surface area contributed by atoms with Crippen molar-refractivity contribution in [1.29, 1.82) is 0 Å². The number of carbonyl (C=O) groups excluding carboxylic acids is 2. The van der Waals surface area contributed by atoms with Crippen molar-refractivity contribution in [2.24, 2.45) is 0 Å². The van der Waals surface area contributed by atoms with E-state index in [9.17, 15) is 9.59 Å². The highest BCUT2D eigenvalue weighted by atomic mass is 16.5. The standard InChI is InChI=1S/C19H20N2O4/c1-25-17-4-2-3-15(9-17)14-7-5-13(6-8-14)11-21-18(23)10-16(12-22)20-19(21)24/h2-9,16,22H,10-12H2,1H3,(H,20,24). The molecule has 6 heteroatoms. The average molecular weight is 340 g/mol. The fourth-order valence-corrected chi connectivity index (χ4v) is 2.80. The van der Waals surface area contributed by atoms with Crippen molar-refractivity contribution < 1.29 is 19.4 Å². The lowest BCUT2D eigenvalue weighted by atomic mass is 10.0. The highest BCUT2D eigenvalue weighted by Gasteiger charge is 2.31. The third-order valence-corrected chi connectivity index (χ3v) is 4.21. The van der Waals surface area contributed by atoms with Crippen LogP contribution in [0.2, 0.25) is 0 Å². The molecule has 1 heterocycles. The minimum atomic E-state index is -0.494. The number of amides is 3. The molecule has 1 saturated heterocycles. The van der Waals surface area contributed by atoms with Crippen LogP contribution in [-0.2, 0) is 11.3 Å². The Morgan fingerprint density at radius 2 is 1.92 bits per heavy atom. The van der Waals surface area contributed by atoms with Crippen LogP contribution in [0.4, 0.5) is 4.79 Å². The van der Waals surface area contributed by atoms with Crippen molar-refractivity contribution in [2.45, 2.75) is 19.0 Å². The van der Waals surface area contributed by atoms with Crippen LogP contribution in [0.5, 0.6) is 5.75 Å². The van der Waals surface area contributed by atoms with Crippen LogP contribution in [-0.4, -0.2) is 41.7 Å². The molecule has 130 valence electrons. The zero-order valence-corrected chi connectivity index (χ0v) is 13.9. The number of imide groups is 1. The first-order valence-corrected chi connectivity index (χ1v) is 8.06. The van der Waals surface area contributed by atoms with Gasteiger partial charge in [-0.3, -0.25) is 9.69 Å². The fraction of sp³-hybridized carbons (Fsp3) is 0.263. The average Bonchev–Trinajstić information content (AvgIpc) is 2.65. The van der Waals surface area contributed by atoms with Crippen molar-refractivity contribution in [3.05, 3.63) is 54.1 Å². The van der Waals surface area contributed by atoms with Gasteiger partial charge in [-0.25, -0.2) is 4.79 Å². The molecule has 3 rings (SSSR count). The lowest BCUT2D eigenvalue weighted by Gasteiger charge is -2.30. The normalized spacial score (nSPS) is 17.4. The van der Waals surface area contributed by atoms with E-state index in [1.807, 2.05) is 48.5 Å². The van der Waals surface area contributed by atoms with Gasteiger partial charge < -0.3 is 15.2 Å². The minimum absolute atomic E-state index is 0.115. The maximum atomic E-state index is 12.1. The van der Waals surface area contributed by atoms with Crippen LogP contribution in [0, 0.1) is 0 Å². The summed E-state index contributed by atoms with van der Waals surface area (Å²) in [5.41, 5.74) is 2.92. The van der Waals surface area contributed by atoms with Crippen LogP contribution in [0.15, 0.2) is 48.5 Å². The summed E-state index contributed by atoms with van der Waals surface area (Å²) in [5, 5.41) is 11.7. The number of aliphatic hydroxyl groups is 1. The number of benzene rings is 2. The molecule has 0 spiro atoms. The third-order valence-electron chi connectivity index (χ3n) is 4.21. The highest BCUT2D eigenvalue weighted by molar-refractivity contribution is 5.97. The number of urea groups is 1. The Labute approximate surface area is 146 Å². The maximum Gasteiger partial charge on any atom is 0.324 e. The molecular weight excluding hydrogens is 320 g/mol. The first kappa shape index (κ1) is 17.0. The number of nitrogens with zero attached hydrogens (tertiary/aromatic N) is 1. The van der Waals surface area contributed by atoms with Gasteiger partial charge in [-0.05, 0) is 28.8 Å². The molecule has 1 unspecified atom stereocenters. The zero-order valence-electron chi connectivity index (χ0n) is 13.9. The second-order valence-corrected chi connectivity index (χ2v) is 5.94. The molecule has 1 fully saturated rings. The second-order valence-electron chi connectivity index (χ2n) is 5.94. The van der Waals surface area contributed by atoms with Crippen molar-refractivity contribution in [3.8, 4) is 16.9 Å². The molecular formula is C19H20N2O4. The first-order valence-electron chi connectivity index (χ1n) is 8.06. The van der Waals surface area contributed by atoms with Crippen LogP contribution in [0.3, 0.4) is 0 Å². The molecule has 2 N–H and O–H groups in total. The van der Waals surface area contributed by atoms with E-state index in [0.29, 0.717) is 0 Å². The lowest BCUT2D eigenvalue weighted by molar-refractivity contribution is -0.131. The Morgan fingerprint density at radius 1 is 1.16 bits per heavy atom. The number of carbonyl (C=O) groups is 2. The number of hydrogen-bond donors (Lipinski definition) is 2. The molecule has 2 aromatic carbocycles. The first-order chi connectivity index (χ1) is 12.1. The van der Waals surface area contributed by atoms with Crippen LogP contribution in [0.1, 0.15) is 12.0 Å². The molecule has 1 aliphatic rings. The van der Waals surface area contributed by atoms with E-state index in [1.54, 1.807) is 7.11 Å². The lowest BCUT2D eigenvalue weighted by Crippen LogP contribution is -2.55. The molecule has 0 bridgehead atoms. The minimum Gasteiger partial charge on any atom is -0.497 e. The number of nitrogens with one attached hydrogen (secondary N) is 1. The highest BCUT2D eigenvalue weighted by Crippen LogP contribution is 2.24. The van der Waals surface area contributed by atoms with Gasteiger partial charge in [0.05, 0.1) is 26.3 Å². The van der Waals surface area contributed by atoms with Gasteiger partial charge in [0.1, 0.15) is 5.75 Å². The van der Waals surface area contributed by atoms with Gasteiger partial charge in [-0.2, -0.15) is 0 Å². The van der Waals surface area contributed by atoms with Gasteiger partial charge in [0.15, 0.2) is 0 Å². The second kappa shape index (κ2) is 7.36. The molecule has 1 aliphatic heterocycles. The Hall–Kier alpha value is -2.86. The zero-order chi connectivity index (χ0) is 17.8.